The number of benzene rings is 1. The van der Waals surface area contributed by atoms with Crippen LogP contribution in [0.25, 0.3) is 10.9 Å². The van der Waals surface area contributed by atoms with Crippen LogP contribution in [0.4, 0.5) is 0 Å². The van der Waals surface area contributed by atoms with Crippen LogP contribution in [0, 0.1) is 0 Å². The Kier molecular flexibility index (Phi) is 1.77. The third-order valence-corrected chi connectivity index (χ3v) is 2.17. The summed E-state index contributed by atoms with van der Waals surface area (Å²) in [6, 6.07) is 8.08. The van der Waals surface area contributed by atoms with Crippen molar-refractivity contribution in [3.05, 3.63) is 36.0 Å². The Morgan fingerprint density at radius 2 is 2.15 bits per heavy atom. The average Bonchev–Trinajstić information content (AvgIpc) is 2.60. The summed E-state index contributed by atoms with van der Waals surface area (Å²) in [4.78, 5) is 3.17. The van der Waals surface area contributed by atoms with Crippen LogP contribution in [0.3, 0.4) is 0 Å². The van der Waals surface area contributed by atoms with E-state index in [9.17, 15) is 0 Å². The molecule has 0 fully saturated rings. The van der Waals surface area contributed by atoms with Crippen LogP contribution in [0.5, 0.6) is 0 Å². The number of para-hydroxylation sites is 1. The standard InChI is InChI=1S/C10H11N3/c1-7(13-11)9-6-12-10-5-3-2-4-8(9)10/h2-6,12H,11H2,1H3/b13-7-. The lowest BCUT2D eigenvalue weighted by atomic mass is 10.1. The van der Waals surface area contributed by atoms with Gasteiger partial charge in [0, 0.05) is 22.7 Å². The quantitative estimate of drug-likeness (QED) is 0.386. The third kappa shape index (κ3) is 1.18. The molecule has 2 aromatic rings. The number of aromatic nitrogens is 1. The summed E-state index contributed by atoms with van der Waals surface area (Å²) < 4.78 is 0. The van der Waals surface area contributed by atoms with Crippen molar-refractivity contribution in [2.24, 2.45) is 10.9 Å². The van der Waals surface area contributed by atoms with Crippen molar-refractivity contribution in [1.29, 1.82) is 0 Å². The molecular weight excluding hydrogens is 162 g/mol. The second-order valence-corrected chi connectivity index (χ2v) is 2.96. The van der Waals surface area contributed by atoms with E-state index >= 15 is 0 Å². The predicted octanol–water partition coefficient (Wildman–Crippen LogP) is 1.85. The molecule has 0 saturated heterocycles. The topological polar surface area (TPSA) is 54.2 Å². The normalized spacial score (nSPS) is 12.2. The van der Waals surface area contributed by atoms with E-state index < -0.39 is 0 Å². The van der Waals surface area contributed by atoms with Crippen molar-refractivity contribution in [2.45, 2.75) is 6.92 Å². The van der Waals surface area contributed by atoms with E-state index in [1.54, 1.807) is 0 Å². The maximum Gasteiger partial charge on any atom is 0.0663 e. The van der Waals surface area contributed by atoms with Crippen LogP contribution < -0.4 is 5.84 Å². The minimum Gasteiger partial charge on any atom is -0.360 e. The number of nitrogens with two attached hydrogens (primary N) is 1. The second kappa shape index (κ2) is 2.94. The first kappa shape index (κ1) is 7.86. The van der Waals surface area contributed by atoms with E-state index in [2.05, 4.69) is 16.2 Å². The highest BCUT2D eigenvalue weighted by atomic mass is 15.1. The first-order chi connectivity index (χ1) is 6.33. The van der Waals surface area contributed by atoms with Crippen LogP contribution in [0.2, 0.25) is 0 Å². The molecule has 0 radical (unpaired) electrons. The molecule has 0 bridgehead atoms. The minimum atomic E-state index is 0.845. The van der Waals surface area contributed by atoms with E-state index in [1.165, 1.54) is 0 Å². The van der Waals surface area contributed by atoms with Gasteiger partial charge in [-0.1, -0.05) is 18.2 Å². The van der Waals surface area contributed by atoms with Gasteiger partial charge >= 0.3 is 0 Å². The van der Waals surface area contributed by atoms with Crippen LogP contribution in [-0.4, -0.2) is 10.7 Å². The summed E-state index contributed by atoms with van der Waals surface area (Å²) in [6.07, 6.45) is 1.93. The highest BCUT2D eigenvalue weighted by Crippen LogP contribution is 2.17. The second-order valence-electron chi connectivity index (χ2n) is 2.96. The van der Waals surface area contributed by atoms with Gasteiger partial charge in [-0.05, 0) is 13.0 Å². The van der Waals surface area contributed by atoms with Crippen LogP contribution >= 0.6 is 0 Å². The Labute approximate surface area is 76.3 Å². The van der Waals surface area contributed by atoms with Gasteiger partial charge in [-0.2, -0.15) is 5.10 Å². The Morgan fingerprint density at radius 1 is 1.38 bits per heavy atom. The van der Waals surface area contributed by atoms with Crippen molar-refractivity contribution in [3.8, 4) is 0 Å². The lowest BCUT2D eigenvalue weighted by molar-refractivity contribution is 1.24. The summed E-state index contributed by atoms with van der Waals surface area (Å²) in [5.41, 5.74) is 3.02. The lowest BCUT2D eigenvalue weighted by Gasteiger charge is -1.94. The fourth-order valence-corrected chi connectivity index (χ4v) is 1.44. The largest absolute Gasteiger partial charge is 0.360 e. The maximum atomic E-state index is 5.23. The van der Waals surface area contributed by atoms with Crippen molar-refractivity contribution >= 4 is 16.6 Å². The number of nitrogens with zero attached hydrogens (tertiary/aromatic N) is 1. The number of aromatic amines is 1. The highest BCUT2D eigenvalue weighted by molar-refractivity contribution is 6.09. The summed E-state index contributed by atoms with van der Waals surface area (Å²) in [5.74, 6) is 5.23. The molecule has 0 aliphatic carbocycles. The van der Waals surface area contributed by atoms with Crippen molar-refractivity contribution in [2.75, 3.05) is 0 Å². The monoisotopic (exact) mass is 173 g/mol. The number of nitrogens with one attached hydrogen (secondary N) is 1. The molecule has 0 aliphatic heterocycles. The molecule has 1 aromatic carbocycles. The molecule has 0 atom stereocenters. The molecule has 0 amide bonds. The van der Waals surface area contributed by atoms with Gasteiger partial charge in [-0.3, -0.25) is 0 Å². The molecular formula is C10H11N3. The molecule has 1 heterocycles. The van der Waals surface area contributed by atoms with Gasteiger partial charge in [0.1, 0.15) is 0 Å². The molecule has 2 rings (SSSR count). The first-order valence-electron chi connectivity index (χ1n) is 4.14. The van der Waals surface area contributed by atoms with Crippen molar-refractivity contribution in [1.82, 2.24) is 4.98 Å². The zero-order valence-electron chi connectivity index (χ0n) is 7.41. The van der Waals surface area contributed by atoms with Gasteiger partial charge in [0.05, 0.1) is 5.71 Å². The van der Waals surface area contributed by atoms with Gasteiger partial charge in [-0.15, -0.1) is 0 Å². The van der Waals surface area contributed by atoms with Crippen LogP contribution in [-0.2, 0) is 0 Å². The number of rotatable bonds is 1. The smallest absolute Gasteiger partial charge is 0.0663 e. The fourth-order valence-electron chi connectivity index (χ4n) is 1.44. The Balaban J connectivity index is 2.71. The molecule has 13 heavy (non-hydrogen) atoms. The Hall–Kier alpha value is -1.77. The maximum absolute atomic E-state index is 5.23. The average molecular weight is 173 g/mol. The molecule has 3 heteroatoms. The predicted molar refractivity (Wildman–Crippen MR) is 54.7 cm³/mol. The molecule has 0 unspecified atom stereocenters. The summed E-state index contributed by atoms with van der Waals surface area (Å²) >= 11 is 0. The van der Waals surface area contributed by atoms with E-state index in [4.69, 9.17) is 5.84 Å². The summed E-state index contributed by atoms with van der Waals surface area (Å²) in [6.45, 7) is 1.90. The first-order valence-corrected chi connectivity index (χ1v) is 4.14. The minimum absolute atomic E-state index is 0.845. The molecule has 0 saturated carbocycles. The van der Waals surface area contributed by atoms with Gasteiger partial charge in [0.2, 0.25) is 0 Å². The third-order valence-electron chi connectivity index (χ3n) is 2.17. The number of hydrogen-bond acceptors (Lipinski definition) is 2. The number of hydrogen-bond donors (Lipinski definition) is 2. The Morgan fingerprint density at radius 3 is 2.92 bits per heavy atom. The zero-order valence-corrected chi connectivity index (χ0v) is 7.41. The number of fused-ring (bicyclic) bond motifs is 1. The van der Waals surface area contributed by atoms with E-state index in [0.29, 0.717) is 0 Å². The van der Waals surface area contributed by atoms with E-state index in [-0.39, 0.29) is 0 Å². The number of hydrazone groups is 1. The molecule has 66 valence electrons. The van der Waals surface area contributed by atoms with Gasteiger partial charge in [0.15, 0.2) is 0 Å². The fraction of sp³-hybridized carbons (Fsp3) is 0.100. The van der Waals surface area contributed by atoms with Gasteiger partial charge in [0.25, 0.3) is 0 Å². The summed E-state index contributed by atoms with van der Waals surface area (Å²) in [7, 11) is 0. The van der Waals surface area contributed by atoms with Gasteiger partial charge in [-0.25, -0.2) is 0 Å². The molecule has 3 nitrogen and oxygen atoms in total. The Bertz CT molecular complexity index is 454. The highest BCUT2D eigenvalue weighted by Gasteiger charge is 2.04. The van der Waals surface area contributed by atoms with Crippen molar-refractivity contribution in [3.63, 3.8) is 0 Å². The summed E-state index contributed by atoms with van der Waals surface area (Å²) in [5, 5.41) is 4.84. The van der Waals surface area contributed by atoms with Crippen LogP contribution in [0.15, 0.2) is 35.6 Å². The van der Waals surface area contributed by atoms with E-state index in [0.717, 1.165) is 22.2 Å². The molecule has 1 aromatic heterocycles. The van der Waals surface area contributed by atoms with E-state index in [1.807, 2.05) is 31.3 Å². The zero-order chi connectivity index (χ0) is 9.26. The van der Waals surface area contributed by atoms with Crippen molar-refractivity contribution < 1.29 is 0 Å². The number of H-pyrrole nitrogens is 1. The van der Waals surface area contributed by atoms with Crippen LogP contribution in [0.1, 0.15) is 12.5 Å². The van der Waals surface area contributed by atoms with Gasteiger partial charge < -0.3 is 10.8 Å². The molecule has 0 spiro atoms. The SMILES string of the molecule is C/C(=N/N)c1c[nH]c2ccccc12. The molecule has 0 aliphatic rings. The lowest BCUT2D eigenvalue weighted by Crippen LogP contribution is -1.96. The molecule has 3 N–H and O–H groups in total.